The van der Waals surface area contributed by atoms with E-state index in [1.807, 2.05) is 0 Å². The van der Waals surface area contributed by atoms with Crippen molar-refractivity contribution in [2.75, 3.05) is 32.7 Å². The molecule has 0 aromatic rings. The van der Waals surface area contributed by atoms with Crippen molar-refractivity contribution in [3.8, 4) is 0 Å². The van der Waals surface area contributed by atoms with Crippen LogP contribution in [0, 0.1) is 5.92 Å². The lowest BCUT2D eigenvalue weighted by molar-refractivity contribution is -0.133. The van der Waals surface area contributed by atoms with E-state index in [0.717, 1.165) is 39.0 Å². The van der Waals surface area contributed by atoms with Crippen molar-refractivity contribution in [3.63, 3.8) is 0 Å². The summed E-state index contributed by atoms with van der Waals surface area (Å²) in [5, 5.41) is 6.29. The molecule has 2 rings (SSSR count). The van der Waals surface area contributed by atoms with Crippen LogP contribution in [-0.4, -0.2) is 49.4 Å². The number of hydrogen-bond acceptors (Lipinski definition) is 3. The second-order valence-electron chi connectivity index (χ2n) is 5.27. The molecule has 102 valence electrons. The minimum absolute atomic E-state index is 0.0194. The first-order chi connectivity index (χ1) is 8.75. The van der Waals surface area contributed by atoms with Gasteiger partial charge in [0.2, 0.25) is 11.8 Å². The van der Waals surface area contributed by atoms with Crippen LogP contribution in [0.4, 0.5) is 0 Å². The van der Waals surface area contributed by atoms with E-state index < -0.39 is 0 Å². The molecule has 2 heterocycles. The van der Waals surface area contributed by atoms with Crippen molar-refractivity contribution >= 4 is 11.8 Å². The second kappa shape index (κ2) is 6.73. The molecule has 0 saturated carbocycles. The molecule has 0 radical (unpaired) electrons. The van der Waals surface area contributed by atoms with Gasteiger partial charge in [-0.25, -0.2) is 0 Å². The molecule has 0 aromatic heterocycles. The maximum atomic E-state index is 11.7. The number of amides is 2. The number of hydrogen-bond donors (Lipinski definition) is 2. The molecular formula is C13H23N3O2. The second-order valence-corrected chi connectivity index (χ2v) is 5.27. The van der Waals surface area contributed by atoms with Gasteiger partial charge in [0.25, 0.3) is 0 Å². The van der Waals surface area contributed by atoms with E-state index in [1.165, 1.54) is 12.8 Å². The summed E-state index contributed by atoms with van der Waals surface area (Å²) in [6, 6.07) is 0. The topological polar surface area (TPSA) is 61.4 Å². The molecule has 0 aromatic carbocycles. The Morgan fingerprint density at radius 2 is 2.33 bits per heavy atom. The van der Waals surface area contributed by atoms with Gasteiger partial charge in [-0.3, -0.25) is 9.59 Å². The van der Waals surface area contributed by atoms with Gasteiger partial charge in [-0.05, 0) is 44.7 Å². The lowest BCUT2D eigenvalue weighted by Gasteiger charge is -2.23. The largest absolute Gasteiger partial charge is 0.355 e. The predicted molar refractivity (Wildman–Crippen MR) is 69.0 cm³/mol. The summed E-state index contributed by atoms with van der Waals surface area (Å²) >= 11 is 0. The van der Waals surface area contributed by atoms with E-state index in [0.29, 0.717) is 12.3 Å². The summed E-state index contributed by atoms with van der Waals surface area (Å²) in [7, 11) is 0. The van der Waals surface area contributed by atoms with Crippen molar-refractivity contribution in [3.05, 3.63) is 0 Å². The fourth-order valence-electron chi connectivity index (χ4n) is 2.69. The van der Waals surface area contributed by atoms with E-state index in [2.05, 4.69) is 10.6 Å². The highest BCUT2D eigenvalue weighted by atomic mass is 16.2. The Morgan fingerprint density at radius 3 is 3.00 bits per heavy atom. The average molecular weight is 253 g/mol. The summed E-state index contributed by atoms with van der Waals surface area (Å²) in [5.74, 6) is 0.781. The third-order valence-electron chi connectivity index (χ3n) is 3.78. The minimum Gasteiger partial charge on any atom is -0.355 e. The Morgan fingerprint density at radius 1 is 1.44 bits per heavy atom. The van der Waals surface area contributed by atoms with E-state index in [4.69, 9.17) is 0 Å². The minimum atomic E-state index is -0.0194. The highest BCUT2D eigenvalue weighted by Crippen LogP contribution is 2.13. The van der Waals surface area contributed by atoms with Gasteiger partial charge >= 0.3 is 0 Å². The molecule has 2 amide bonds. The molecule has 0 aliphatic carbocycles. The van der Waals surface area contributed by atoms with Crippen LogP contribution in [0.25, 0.3) is 0 Å². The molecular weight excluding hydrogens is 230 g/mol. The quantitative estimate of drug-likeness (QED) is 0.731. The number of nitrogens with one attached hydrogen (secondary N) is 2. The fraction of sp³-hybridized carbons (Fsp3) is 0.846. The summed E-state index contributed by atoms with van der Waals surface area (Å²) in [6.45, 7) is 3.90. The lowest BCUT2D eigenvalue weighted by Crippen LogP contribution is -2.39. The molecule has 0 spiro atoms. The maximum Gasteiger partial charge on any atom is 0.239 e. The third-order valence-corrected chi connectivity index (χ3v) is 3.78. The first-order valence-electron chi connectivity index (χ1n) is 7.01. The standard InChI is InChI=1S/C13H23N3O2/c17-12(10-16-8-2-4-13(16)18)15-7-5-11-3-1-6-14-9-11/h11,14H,1-10H2,(H,15,17). The van der Waals surface area contributed by atoms with Crippen LogP contribution in [-0.2, 0) is 9.59 Å². The molecule has 2 aliphatic rings. The van der Waals surface area contributed by atoms with E-state index in [-0.39, 0.29) is 18.4 Å². The third kappa shape index (κ3) is 3.98. The lowest BCUT2D eigenvalue weighted by atomic mass is 9.96. The Bertz CT molecular complexity index is 301. The number of rotatable bonds is 5. The molecule has 1 atom stereocenters. The van der Waals surface area contributed by atoms with Crippen LogP contribution in [0.5, 0.6) is 0 Å². The summed E-state index contributed by atoms with van der Waals surface area (Å²) in [4.78, 5) is 24.7. The van der Waals surface area contributed by atoms with Crippen molar-refractivity contribution < 1.29 is 9.59 Å². The Hall–Kier alpha value is -1.10. The van der Waals surface area contributed by atoms with Gasteiger partial charge in [-0.15, -0.1) is 0 Å². The molecule has 2 N–H and O–H groups in total. The first-order valence-corrected chi connectivity index (χ1v) is 7.01. The molecule has 2 saturated heterocycles. The van der Waals surface area contributed by atoms with Gasteiger partial charge in [0, 0.05) is 19.5 Å². The molecule has 5 nitrogen and oxygen atoms in total. The van der Waals surface area contributed by atoms with Crippen LogP contribution in [0.2, 0.25) is 0 Å². The number of piperidine rings is 1. The Labute approximate surface area is 108 Å². The van der Waals surface area contributed by atoms with E-state index in [9.17, 15) is 9.59 Å². The summed E-state index contributed by atoms with van der Waals surface area (Å²) < 4.78 is 0. The highest BCUT2D eigenvalue weighted by molar-refractivity contribution is 5.85. The molecule has 5 heteroatoms. The summed E-state index contributed by atoms with van der Waals surface area (Å²) in [6.07, 6.45) is 5.02. The highest BCUT2D eigenvalue weighted by Gasteiger charge is 2.22. The van der Waals surface area contributed by atoms with Crippen molar-refractivity contribution in [2.24, 2.45) is 5.92 Å². The van der Waals surface area contributed by atoms with Gasteiger partial charge in [-0.1, -0.05) is 0 Å². The van der Waals surface area contributed by atoms with Gasteiger partial charge in [0.1, 0.15) is 0 Å². The molecule has 1 unspecified atom stereocenters. The first kappa shape index (κ1) is 13.3. The van der Waals surface area contributed by atoms with Crippen LogP contribution in [0.15, 0.2) is 0 Å². The molecule has 0 bridgehead atoms. The molecule has 2 fully saturated rings. The van der Waals surface area contributed by atoms with E-state index in [1.54, 1.807) is 4.90 Å². The fourth-order valence-corrected chi connectivity index (χ4v) is 2.69. The zero-order chi connectivity index (χ0) is 12.8. The molecule has 2 aliphatic heterocycles. The number of likely N-dealkylation sites (tertiary alicyclic amines) is 1. The SMILES string of the molecule is O=C(CN1CCCC1=O)NCCC1CCCNC1. The van der Waals surface area contributed by atoms with Crippen LogP contribution >= 0.6 is 0 Å². The van der Waals surface area contributed by atoms with Gasteiger partial charge in [0.15, 0.2) is 0 Å². The predicted octanol–water partition coefficient (Wildman–Crippen LogP) is 0.115. The summed E-state index contributed by atoms with van der Waals surface area (Å²) in [5.41, 5.74) is 0. The average Bonchev–Trinajstić information content (AvgIpc) is 2.76. The Kier molecular flexibility index (Phi) is 4.99. The van der Waals surface area contributed by atoms with Crippen molar-refractivity contribution in [1.29, 1.82) is 0 Å². The number of carbonyl (C=O) groups excluding carboxylic acids is 2. The number of carbonyl (C=O) groups is 2. The van der Waals surface area contributed by atoms with Gasteiger partial charge in [-0.2, -0.15) is 0 Å². The van der Waals surface area contributed by atoms with Crippen molar-refractivity contribution in [2.45, 2.75) is 32.1 Å². The normalized spacial score (nSPS) is 24.3. The van der Waals surface area contributed by atoms with Crippen LogP contribution < -0.4 is 10.6 Å². The smallest absolute Gasteiger partial charge is 0.239 e. The van der Waals surface area contributed by atoms with Crippen LogP contribution in [0.1, 0.15) is 32.1 Å². The van der Waals surface area contributed by atoms with Gasteiger partial charge in [0.05, 0.1) is 6.54 Å². The number of nitrogens with zero attached hydrogens (tertiary/aromatic N) is 1. The zero-order valence-corrected chi connectivity index (χ0v) is 10.9. The van der Waals surface area contributed by atoms with Crippen LogP contribution in [0.3, 0.4) is 0 Å². The van der Waals surface area contributed by atoms with Gasteiger partial charge < -0.3 is 15.5 Å². The zero-order valence-electron chi connectivity index (χ0n) is 10.9. The van der Waals surface area contributed by atoms with Crippen molar-refractivity contribution in [1.82, 2.24) is 15.5 Å². The Balaban J connectivity index is 1.58. The monoisotopic (exact) mass is 253 g/mol. The molecule has 18 heavy (non-hydrogen) atoms. The van der Waals surface area contributed by atoms with E-state index >= 15 is 0 Å². The maximum absolute atomic E-state index is 11.7.